The molecule has 0 bridgehead atoms. The second kappa shape index (κ2) is 7.07. The lowest BCUT2D eigenvalue weighted by atomic mass is 10.2. The predicted molar refractivity (Wildman–Crippen MR) is 76.3 cm³/mol. The molecular formula is C15H13BrO3. The smallest absolute Gasteiger partial charge is 0.189 e. The van der Waals surface area contributed by atoms with Crippen LogP contribution in [0.4, 0.5) is 0 Å². The standard InChI is InChI=1S/C15H13BrO3/c16-15-7-6-14(8-13(15)9-17)19-11-18-10-12-4-2-1-3-5-12/h1-9H,10-11H2. The summed E-state index contributed by atoms with van der Waals surface area (Å²) >= 11 is 3.28. The molecule has 4 heteroatoms. The number of aldehydes is 1. The van der Waals surface area contributed by atoms with Crippen LogP contribution in [-0.2, 0) is 11.3 Å². The van der Waals surface area contributed by atoms with E-state index in [4.69, 9.17) is 9.47 Å². The molecule has 0 aliphatic carbocycles. The summed E-state index contributed by atoms with van der Waals surface area (Å²) in [6, 6.07) is 15.1. The third-order valence-electron chi connectivity index (χ3n) is 2.51. The van der Waals surface area contributed by atoms with Crippen molar-refractivity contribution in [2.45, 2.75) is 6.61 Å². The van der Waals surface area contributed by atoms with Crippen molar-refractivity contribution in [2.75, 3.05) is 6.79 Å². The monoisotopic (exact) mass is 320 g/mol. The molecule has 0 saturated carbocycles. The normalized spacial score (nSPS) is 10.2. The van der Waals surface area contributed by atoms with Crippen molar-refractivity contribution in [2.24, 2.45) is 0 Å². The number of halogens is 1. The average Bonchev–Trinajstić information content (AvgIpc) is 2.46. The number of carbonyl (C=O) groups is 1. The zero-order chi connectivity index (χ0) is 13.5. The van der Waals surface area contributed by atoms with E-state index in [-0.39, 0.29) is 6.79 Å². The Kier molecular flexibility index (Phi) is 5.12. The lowest BCUT2D eigenvalue weighted by Gasteiger charge is -2.08. The van der Waals surface area contributed by atoms with Gasteiger partial charge in [-0.2, -0.15) is 0 Å². The molecule has 0 heterocycles. The van der Waals surface area contributed by atoms with Gasteiger partial charge in [0.15, 0.2) is 13.1 Å². The van der Waals surface area contributed by atoms with Crippen LogP contribution in [0.3, 0.4) is 0 Å². The van der Waals surface area contributed by atoms with Crippen LogP contribution in [0, 0.1) is 0 Å². The fourth-order valence-corrected chi connectivity index (χ4v) is 1.89. The quantitative estimate of drug-likeness (QED) is 0.461. The van der Waals surface area contributed by atoms with E-state index in [0.29, 0.717) is 17.9 Å². The lowest BCUT2D eigenvalue weighted by Crippen LogP contribution is -2.03. The van der Waals surface area contributed by atoms with E-state index < -0.39 is 0 Å². The van der Waals surface area contributed by atoms with Crippen molar-refractivity contribution in [3.63, 3.8) is 0 Å². The van der Waals surface area contributed by atoms with Crippen molar-refractivity contribution in [1.82, 2.24) is 0 Å². The summed E-state index contributed by atoms with van der Waals surface area (Å²) in [5.41, 5.74) is 1.65. The molecule has 0 unspecified atom stereocenters. The van der Waals surface area contributed by atoms with Crippen LogP contribution in [0.15, 0.2) is 53.0 Å². The summed E-state index contributed by atoms with van der Waals surface area (Å²) < 4.78 is 11.6. The van der Waals surface area contributed by atoms with Crippen molar-refractivity contribution in [3.8, 4) is 5.75 Å². The zero-order valence-corrected chi connectivity index (χ0v) is 11.8. The molecule has 0 fully saturated rings. The summed E-state index contributed by atoms with van der Waals surface area (Å²) in [4.78, 5) is 10.8. The first-order valence-electron chi connectivity index (χ1n) is 5.79. The minimum Gasteiger partial charge on any atom is -0.468 e. The zero-order valence-electron chi connectivity index (χ0n) is 10.2. The van der Waals surface area contributed by atoms with Gasteiger partial charge in [0.25, 0.3) is 0 Å². The third kappa shape index (κ3) is 4.19. The molecular weight excluding hydrogens is 308 g/mol. The molecule has 19 heavy (non-hydrogen) atoms. The molecule has 0 amide bonds. The number of ether oxygens (including phenoxy) is 2. The van der Waals surface area contributed by atoms with Crippen LogP contribution in [0.25, 0.3) is 0 Å². The number of carbonyl (C=O) groups excluding carboxylic acids is 1. The van der Waals surface area contributed by atoms with Crippen molar-refractivity contribution in [3.05, 3.63) is 64.1 Å². The van der Waals surface area contributed by atoms with Crippen LogP contribution in [-0.4, -0.2) is 13.1 Å². The SMILES string of the molecule is O=Cc1cc(OCOCc2ccccc2)ccc1Br. The molecule has 0 radical (unpaired) electrons. The van der Waals surface area contributed by atoms with Gasteiger partial charge in [0.1, 0.15) is 5.75 Å². The molecule has 0 saturated heterocycles. The third-order valence-corrected chi connectivity index (χ3v) is 3.24. The number of rotatable bonds is 6. The Morgan fingerprint density at radius 2 is 1.89 bits per heavy atom. The number of hydrogen-bond acceptors (Lipinski definition) is 3. The van der Waals surface area contributed by atoms with Crippen LogP contribution in [0.2, 0.25) is 0 Å². The van der Waals surface area contributed by atoms with E-state index in [9.17, 15) is 4.79 Å². The van der Waals surface area contributed by atoms with Gasteiger partial charge in [0.05, 0.1) is 6.61 Å². The highest BCUT2D eigenvalue weighted by atomic mass is 79.9. The summed E-state index contributed by atoms with van der Waals surface area (Å²) in [5.74, 6) is 0.610. The second-order valence-electron chi connectivity index (χ2n) is 3.90. The van der Waals surface area contributed by atoms with E-state index >= 15 is 0 Å². The van der Waals surface area contributed by atoms with Gasteiger partial charge in [-0.05, 0) is 23.8 Å². The highest BCUT2D eigenvalue weighted by molar-refractivity contribution is 9.10. The highest BCUT2D eigenvalue weighted by Gasteiger charge is 2.01. The topological polar surface area (TPSA) is 35.5 Å². The molecule has 2 aromatic carbocycles. The first-order chi connectivity index (χ1) is 9.29. The predicted octanol–water partition coefficient (Wildman–Crippen LogP) is 3.81. The van der Waals surface area contributed by atoms with Gasteiger partial charge in [-0.3, -0.25) is 4.79 Å². The van der Waals surface area contributed by atoms with Crippen LogP contribution in [0.5, 0.6) is 5.75 Å². The first kappa shape index (κ1) is 13.8. The largest absolute Gasteiger partial charge is 0.468 e. The maximum atomic E-state index is 10.8. The van der Waals surface area contributed by atoms with E-state index in [0.717, 1.165) is 16.3 Å². The van der Waals surface area contributed by atoms with Gasteiger partial charge in [-0.1, -0.05) is 46.3 Å². The first-order valence-corrected chi connectivity index (χ1v) is 6.58. The van der Waals surface area contributed by atoms with Gasteiger partial charge in [0.2, 0.25) is 0 Å². The number of hydrogen-bond donors (Lipinski definition) is 0. The van der Waals surface area contributed by atoms with Gasteiger partial charge < -0.3 is 9.47 Å². The number of benzene rings is 2. The van der Waals surface area contributed by atoms with Crippen molar-refractivity contribution in [1.29, 1.82) is 0 Å². The van der Waals surface area contributed by atoms with Crippen LogP contribution < -0.4 is 4.74 Å². The Morgan fingerprint density at radius 1 is 1.11 bits per heavy atom. The Balaban J connectivity index is 1.81. The van der Waals surface area contributed by atoms with Crippen molar-refractivity contribution >= 4 is 22.2 Å². The molecule has 0 N–H and O–H groups in total. The molecule has 0 aromatic heterocycles. The second-order valence-corrected chi connectivity index (χ2v) is 4.75. The van der Waals surface area contributed by atoms with E-state index in [2.05, 4.69) is 15.9 Å². The molecule has 0 atom stereocenters. The molecule has 2 rings (SSSR count). The van der Waals surface area contributed by atoms with E-state index in [1.807, 2.05) is 30.3 Å². The molecule has 2 aromatic rings. The Labute approximate surface area is 120 Å². The maximum Gasteiger partial charge on any atom is 0.189 e. The van der Waals surface area contributed by atoms with E-state index in [1.54, 1.807) is 18.2 Å². The average molecular weight is 321 g/mol. The van der Waals surface area contributed by atoms with Crippen molar-refractivity contribution < 1.29 is 14.3 Å². The molecule has 0 aliphatic rings. The van der Waals surface area contributed by atoms with Gasteiger partial charge in [-0.25, -0.2) is 0 Å². The van der Waals surface area contributed by atoms with Crippen LogP contribution in [0.1, 0.15) is 15.9 Å². The summed E-state index contributed by atoms with van der Waals surface area (Å²) in [6.45, 7) is 0.646. The summed E-state index contributed by atoms with van der Waals surface area (Å²) in [6.07, 6.45) is 0.780. The lowest BCUT2D eigenvalue weighted by molar-refractivity contribution is 0.00501. The minimum atomic E-state index is 0.148. The van der Waals surface area contributed by atoms with Gasteiger partial charge in [-0.15, -0.1) is 0 Å². The van der Waals surface area contributed by atoms with Crippen LogP contribution >= 0.6 is 15.9 Å². The maximum absolute atomic E-state index is 10.8. The Hall–Kier alpha value is -1.65. The van der Waals surface area contributed by atoms with E-state index in [1.165, 1.54) is 0 Å². The summed E-state index contributed by atoms with van der Waals surface area (Å²) in [7, 11) is 0. The Bertz CT molecular complexity index is 540. The van der Waals surface area contributed by atoms with Gasteiger partial charge in [0, 0.05) is 10.0 Å². The fourth-order valence-electron chi connectivity index (χ4n) is 1.55. The highest BCUT2D eigenvalue weighted by Crippen LogP contribution is 2.21. The fraction of sp³-hybridized carbons (Fsp3) is 0.133. The molecule has 0 aliphatic heterocycles. The summed E-state index contributed by atoms with van der Waals surface area (Å²) in [5, 5.41) is 0. The molecule has 3 nitrogen and oxygen atoms in total. The molecule has 98 valence electrons. The minimum absolute atomic E-state index is 0.148. The van der Waals surface area contributed by atoms with Gasteiger partial charge >= 0.3 is 0 Å². The molecule has 0 spiro atoms. The Morgan fingerprint density at radius 3 is 2.63 bits per heavy atom.